The van der Waals surface area contributed by atoms with Crippen LogP contribution in [0.3, 0.4) is 0 Å². The molecule has 1 unspecified atom stereocenters. The summed E-state index contributed by atoms with van der Waals surface area (Å²) in [4.78, 5) is 0. The minimum absolute atomic E-state index is 0.101. The third kappa shape index (κ3) is 2.47. The van der Waals surface area contributed by atoms with Crippen molar-refractivity contribution in [1.82, 2.24) is 5.32 Å². The molecule has 94 valence electrons. The molecule has 1 heterocycles. The number of benzene rings is 1. The molecule has 1 atom stereocenters. The van der Waals surface area contributed by atoms with Gasteiger partial charge in [-0.25, -0.2) is 4.39 Å². The number of thioether (sulfide) groups is 1. The molecule has 0 amide bonds. The summed E-state index contributed by atoms with van der Waals surface area (Å²) >= 11 is 7.75. The first-order valence-corrected chi connectivity index (χ1v) is 7.17. The lowest BCUT2D eigenvalue weighted by molar-refractivity contribution is 0.449. The predicted molar refractivity (Wildman–Crippen MR) is 73.2 cm³/mol. The van der Waals surface area contributed by atoms with Crippen molar-refractivity contribution in [3.8, 4) is 0 Å². The second-order valence-electron chi connectivity index (χ2n) is 4.85. The molecule has 0 saturated carbocycles. The van der Waals surface area contributed by atoms with E-state index >= 15 is 0 Å². The van der Waals surface area contributed by atoms with Crippen molar-refractivity contribution in [2.45, 2.75) is 37.3 Å². The van der Waals surface area contributed by atoms with Crippen molar-refractivity contribution in [1.29, 1.82) is 0 Å². The van der Waals surface area contributed by atoms with Crippen LogP contribution in [0.5, 0.6) is 0 Å². The Kier molecular flexibility index (Phi) is 3.71. The summed E-state index contributed by atoms with van der Waals surface area (Å²) < 4.78 is 13.6. The van der Waals surface area contributed by atoms with Crippen molar-refractivity contribution < 1.29 is 4.39 Å². The Hall–Kier alpha value is -0.250. The fraction of sp³-hybridized carbons (Fsp3) is 0.538. The number of rotatable bonds is 2. The molecule has 1 nitrogen and oxygen atoms in total. The summed E-state index contributed by atoms with van der Waals surface area (Å²) in [5.41, 5.74) is 2.20. The zero-order chi connectivity index (χ0) is 12.6. The molecule has 1 N–H and O–H groups in total. The van der Waals surface area contributed by atoms with Gasteiger partial charge in [-0.2, -0.15) is 0 Å². The first kappa shape index (κ1) is 13.2. The molecule has 0 spiro atoms. The summed E-state index contributed by atoms with van der Waals surface area (Å²) in [7, 11) is 0. The number of hydrogen-bond donors (Lipinski definition) is 1. The average molecular weight is 274 g/mol. The van der Waals surface area contributed by atoms with E-state index < -0.39 is 0 Å². The van der Waals surface area contributed by atoms with Gasteiger partial charge in [0.2, 0.25) is 0 Å². The molecule has 1 aromatic rings. The summed E-state index contributed by atoms with van der Waals surface area (Å²) in [6.07, 6.45) is 0. The van der Waals surface area contributed by atoms with Gasteiger partial charge in [0.15, 0.2) is 0 Å². The fourth-order valence-electron chi connectivity index (χ4n) is 2.28. The van der Waals surface area contributed by atoms with Crippen molar-refractivity contribution in [3.05, 3.63) is 34.1 Å². The van der Waals surface area contributed by atoms with Gasteiger partial charge in [0.1, 0.15) is 5.82 Å². The van der Waals surface area contributed by atoms with E-state index in [0.717, 1.165) is 23.4 Å². The second-order valence-corrected chi connectivity index (χ2v) is 6.88. The smallest absolute Gasteiger partial charge is 0.142 e. The molecular weight excluding hydrogens is 257 g/mol. The topological polar surface area (TPSA) is 12.0 Å². The zero-order valence-corrected chi connectivity index (χ0v) is 11.9. The molecule has 0 fully saturated rings. The Morgan fingerprint density at radius 2 is 2.24 bits per heavy atom. The van der Waals surface area contributed by atoms with Gasteiger partial charge in [0.25, 0.3) is 0 Å². The van der Waals surface area contributed by atoms with Crippen LogP contribution in [0.15, 0.2) is 12.1 Å². The number of nitrogens with one attached hydrogen (secondary N) is 1. The maximum Gasteiger partial charge on any atom is 0.142 e. The van der Waals surface area contributed by atoms with Crippen LogP contribution in [0.25, 0.3) is 0 Å². The first-order valence-electron chi connectivity index (χ1n) is 5.81. The van der Waals surface area contributed by atoms with Gasteiger partial charge in [-0.1, -0.05) is 18.5 Å². The number of fused-ring (bicyclic) bond motifs is 1. The zero-order valence-electron chi connectivity index (χ0n) is 10.3. The van der Waals surface area contributed by atoms with E-state index in [-0.39, 0.29) is 21.6 Å². The molecule has 0 aliphatic carbocycles. The molecule has 0 aromatic heterocycles. The largest absolute Gasteiger partial charge is 0.309 e. The van der Waals surface area contributed by atoms with Crippen LogP contribution in [0.4, 0.5) is 4.39 Å². The second kappa shape index (κ2) is 4.79. The quantitative estimate of drug-likeness (QED) is 0.869. The van der Waals surface area contributed by atoms with Crippen LogP contribution in [0.1, 0.15) is 37.9 Å². The molecule has 1 aliphatic rings. The Morgan fingerprint density at radius 3 is 2.88 bits per heavy atom. The highest BCUT2D eigenvalue weighted by Gasteiger charge is 2.36. The maximum atomic E-state index is 13.5. The summed E-state index contributed by atoms with van der Waals surface area (Å²) in [5.74, 6) is 0.527. The molecular formula is C13H17ClFNS. The SMILES string of the molecule is CCNC1c2cc(Cl)c(F)cc2CSC1(C)C. The fourth-order valence-corrected chi connectivity index (χ4v) is 3.61. The highest BCUT2D eigenvalue weighted by atomic mass is 35.5. The normalized spacial score (nSPS) is 22.3. The minimum atomic E-state index is -0.319. The maximum absolute atomic E-state index is 13.5. The van der Waals surface area contributed by atoms with Gasteiger partial charge in [0.05, 0.1) is 5.02 Å². The highest BCUT2D eigenvalue weighted by molar-refractivity contribution is 8.00. The van der Waals surface area contributed by atoms with E-state index in [0.29, 0.717) is 0 Å². The van der Waals surface area contributed by atoms with E-state index in [9.17, 15) is 4.39 Å². The van der Waals surface area contributed by atoms with E-state index in [1.165, 1.54) is 0 Å². The third-order valence-corrected chi connectivity index (χ3v) is 4.92. The third-order valence-electron chi connectivity index (χ3n) is 3.20. The Labute approximate surface area is 111 Å². The summed E-state index contributed by atoms with van der Waals surface area (Å²) in [6, 6.07) is 3.57. The molecule has 17 heavy (non-hydrogen) atoms. The van der Waals surface area contributed by atoms with E-state index in [2.05, 4.69) is 26.1 Å². The van der Waals surface area contributed by atoms with Gasteiger partial charge in [-0.3, -0.25) is 0 Å². The van der Waals surface area contributed by atoms with Crippen molar-refractivity contribution in [2.75, 3.05) is 6.54 Å². The lowest BCUT2D eigenvalue weighted by Gasteiger charge is -2.40. The molecule has 0 bridgehead atoms. The van der Waals surface area contributed by atoms with Gasteiger partial charge in [-0.15, -0.1) is 11.8 Å². The molecule has 1 aliphatic heterocycles. The van der Waals surface area contributed by atoms with Gasteiger partial charge in [0, 0.05) is 16.5 Å². The van der Waals surface area contributed by atoms with E-state index in [1.807, 2.05) is 11.8 Å². The number of hydrogen-bond acceptors (Lipinski definition) is 2. The van der Waals surface area contributed by atoms with Crippen molar-refractivity contribution in [3.63, 3.8) is 0 Å². The van der Waals surface area contributed by atoms with Gasteiger partial charge in [-0.05, 0) is 43.7 Å². The van der Waals surface area contributed by atoms with Crippen LogP contribution >= 0.6 is 23.4 Å². The van der Waals surface area contributed by atoms with Gasteiger partial charge < -0.3 is 5.32 Å². The van der Waals surface area contributed by atoms with E-state index in [4.69, 9.17) is 11.6 Å². The van der Waals surface area contributed by atoms with Crippen LogP contribution in [-0.2, 0) is 5.75 Å². The van der Waals surface area contributed by atoms with Gasteiger partial charge >= 0.3 is 0 Å². The standard InChI is InChI=1S/C13H17ClFNS/c1-4-16-12-9-6-10(14)11(15)5-8(9)7-17-13(12,2)3/h5-6,12,16H,4,7H2,1-3H3. The first-order chi connectivity index (χ1) is 7.95. The van der Waals surface area contributed by atoms with Crippen LogP contribution in [0.2, 0.25) is 5.02 Å². The monoisotopic (exact) mass is 273 g/mol. The lowest BCUT2D eigenvalue weighted by atomic mass is 9.91. The summed E-state index contributed by atoms with van der Waals surface area (Å²) in [5, 5.41) is 3.69. The van der Waals surface area contributed by atoms with Crippen molar-refractivity contribution >= 4 is 23.4 Å². The highest BCUT2D eigenvalue weighted by Crippen LogP contribution is 2.46. The molecule has 1 aromatic carbocycles. The Balaban J connectivity index is 2.48. The molecule has 2 rings (SSSR count). The van der Waals surface area contributed by atoms with Crippen molar-refractivity contribution in [2.24, 2.45) is 0 Å². The molecule has 4 heteroatoms. The molecule has 0 radical (unpaired) electrons. The van der Waals surface area contributed by atoms with Crippen LogP contribution < -0.4 is 5.32 Å². The Bertz CT molecular complexity index is 434. The predicted octanol–water partition coefficient (Wildman–Crippen LogP) is 4.16. The molecule has 0 saturated heterocycles. The minimum Gasteiger partial charge on any atom is -0.309 e. The van der Waals surface area contributed by atoms with Crippen LogP contribution in [-0.4, -0.2) is 11.3 Å². The average Bonchev–Trinajstić information content (AvgIpc) is 2.26. The lowest BCUT2D eigenvalue weighted by Crippen LogP contribution is -2.40. The Morgan fingerprint density at radius 1 is 1.53 bits per heavy atom. The summed E-state index contributed by atoms with van der Waals surface area (Å²) in [6.45, 7) is 7.40. The number of halogens is 2. The van der Waals surface area contributed by atoms with Crippen LogP contribution in [0, 0.1) is 5.82 Å². The van der Waals surface area contributed by atoms with E-state index in [1.54, 1.807) is 12.1 Å².